The minimum Gasteiger partial charge on any atom is -0.481 e. The van der Waals surface area contributed by atoms with Crippen LogP contribution in [-0.4, -0.2) is 11.1 Å². The smallest absolute Gasteiger partial charge is 0.314 e. The van der Waals surface area contributed by atoms with E-state index in [1.807, 2.05) is 12.1 Å². The van der Waals surface area contributed by atoms with Gasteiger partial charge in [-0.15, -0.1) is 0 Å². The third-order valence-corrected chi connectivity index (χ3v) is 4.73. The number of hydrogen-bond donors (Lipinski definition) is 1. The summed E-state index contributed by atoms with van der Waals surface area (Å²) in [5.74, 6) is -0.743. The maximum Gasteiger partial charge on any atom is 0.314 e. The van der Waals surface area contributed by atoms with E-state index in [0.717, 1.165) is 22.9 Å². The predicted molar refractivity (Wildman–Crippen MR) is 66.9 cm³/mol. The molecule has 1 aliphatic rings. The zero-order valence-corrected chi connectivity index (χ0v) is 11.0. The van der Waals surface area contributed by atoms with Crippen molar-refractivity contribution in [1.29, 1.82) is 0 Å². The second-order valence-electron chi connectivity index (χ2n) is 4.20. The van der Waals surface area contributed by atoms with Crippen molar-refractivity contribution in [3.63, 3.8) is 0 Å². The zero-order valence-electron chi connectivity index (χ0n) is 8.67. The Morgan fingerprint density at radius 1 is 1.38 bits per heavy atom. The molecular formula is C12H12BrClO2. The molecule has 1 fully saturated rings. The molecule has 1 aromatic carbocycles. The molecule has 86 valence electrons. The number of rotatable bonds is 2. The molecule has 0 aliphatic heterocycles. The van der Waals surface area contributed by atoms with E-state index in [4.69, 9.17) is 11.6 Å². The number of aliphatic carboxylic acids is 1. The Labute approximate surface area is 108 Å². The summed E-state index contributed by atoms with van der Waals surface area (Å²) >= 11 is 9.42. The van der Waals surface area contributed by atoms with Crippen LogP contribution in [0.4, 0.5) is 0 Å². The van der Waals surface area contributed by atoms with Gasteiger partial charge in [0.1, 0.15) is 0 Å². The highest BCUT2D eigenvalue weighted by Gasteiger charge is 2.44. The maximum atomic E-state index is 11.5. The highest BCUT2D eigenvalue weighted by Crippen LogP contribution is 2.45. The highest BCUT2D eigenvalue weighted by atomic mass is 79.9. The van der Waals surface area contributed by atoms with Crippen LogP contribution in [0, 0.1) is 0 Å². The molecule has 1 aliphatic carbocycles. The summed E-state index contributed by atoms with van der Waals surface area (Å²) in [5.41, 5.74) is 0.0639. The third kappa shape index (κ3) is 1.76. The Bertz CT molecular complexity index is 425. The van der Waals surface area contributed by atoms with E-state index in [1.54, 1.807) is 6.07 Å². The van der Waals surface area contributed by atoms with Gasteiger partial charge in [-0.25, -0.2) is 0 Å². The van der Waals surface area contributed by atoms with Crippen molar-refractivity contribution < 1.29 is 9.90 Å². The van der Waals surface area contributed by atoms with E-state index in [-0.39, 0.29) is 0 Å². The van der Waals surface area contributed by atoms with Gasteiger partial charge in [-0.3, -0.25) is 4.79 Å². The molecule has 0 aromatic heterocycles. The summed E-state index contributed by atoms with van der Waals surface area (Å²) < 4.78 is 0.723. The van der Waals surface area contributed by atoms with Crippen LogP contribution >= 0.6 is 27.5 Å². The molecule has 0 unspecified atom stereocenters. The van der Waals surface area contributed by atoms with E-state index >= 15 is 0 Å². The Morgan fingerprint density at radius 3 is 2.56 bits per heavy atom. The van der Waals surface area contributed by atoms with Gasteiger partial charge >= 0.3 is 5.97 Å². The Hall–Kier alpha value is -0.540. The third-order valence-electron chi connectivity index (χ3n) is 3.33. The molecule has 0 amide bonds. The summed E-state index contributed by atoms with van der Waals surface area (Å²) in [5, 5.41) is 10.0. The SMILES string of the molecule is O=C(O)C1(c2cccc(Cl)c2Br)CCCC1. The van der Waals surface area contributed by atoms with Crippen LogP contribution in [0.1, 0.15) is 31.2 Å². The summed E-state index contributed by atoms with van der Waals surface area (Å²) in [6.07, 6.45) is 3.32. The first-order valence-corrected chi connectivity index (χ1v) is 6.43. The molecule has 1 N–H and O–H groups in total. The number of carboxylic acid groups (broad SMARTS) is 1. The fourth-order valence-electron chi connectivity index (χ4n) is 2.45. The molecule has 0 atom stereocenters. The molecule has 0 radical (unpaired) electrons. The average Bonchev–Trinajstić information content (AvgIpc) is 2.72. The zero-order chi connectivity index (χ0) is 11.8. The van der Waals surface area contributed by atoms with E-state index in [9.17, 15) is 9.90 Å². The van der Waals surface area contributed by atoms with Gasteiger partial charge in [0.2, 0.25) is 0 Å². The van der Waals surface area contributed by atoms with E-state index in [1.165, 1.54) is 0 Å². The van der Waals surface area contributed by atoms with Crippen LogP contribution < -0.4 is 0 Å². The van der Waals surface area contributed by atoms with Crippen molar-refractivity contribution in [3.8, 4) is 0 Å². The van der Waals surface area contributed by atoms with Gasteiger partial charge in [0.05, 0.1) is 10.4 Å². The van der Waals surface area contributed by atoms with Crippen molar-refractivity contribution >= 4 is 33.5 Å². The van der Waals surface area contributed by atoms with Crippen LogP contribution in [0.2, 0.25) is 5.02 Å². The first-order valence-electron chi connectivity index (χ1n) is 5.26. The minimum atomic E-state index is -0.746. The van der Waals surface area contributed by atoms with E-state index in [2.05, 4.69) is 15.9 Å². The lowest BCUT2D eigenvalue weighted by Gasteiger charge is -2.25. The number of benzene rings is 1. The molecule has 1 saturated carbocycles. The molecule has 2 rings (SSSR count). The van der Waals surface area contributed by atoms with Gasteiger partial charge in [0, 0.05) is 4.47 Å². The average molecular weight is 304 g/mol. The van der Waals surface area contributed by atoms with Gasteiger partial charge in [0.25, 0.3) is 0 Å². The lowest BCUT2D eigenvalue weighted by Crippen LogP contribution is -2.33. The van der Waals surface area contributed by atoms with Crippen LogP contribution in [-0.2, 0) is 10.2 Å². The highest BCUT2D eigenvalue weighted by molar-refractivity contribution is 9.10. The molecule has 4 heteroatoms. The van der Waals surface area contributed by atoms with Crippen molar-refractivity contribution in [1.82, 2.24) is 0 Å². The molecule has 0 heterocycles. The Balaban J connectivity index is 2.56. The number of carboxylic acids is 1. The number of hydrogen-bond acceptors (Lipinski definition) is 1. The van der Waals surface area contributed by atoms with Gasteiger partial charge in [-0.2, -0.15) is 0 Å². The molecule has 1 aromatic rings. The second-order valence-corrected chi connectivity index (χ2v) is 5.40. The molecule has 0 spiro atoms. The number of carbonyl (C=O) groups is 1. The molecule has 0 bridgehead atoms. The molecule has 0 saturated heterocycles. The standard InChI is InChI=1S/C12H12BrClO2/c13-10-8(4-3-5-9(10)14)12(11(15)16)6-1-2-7-12/h3-5H,1-2,6-7H2,(H,15,16). The predicted octanol–water partition coefficient (Wildman–Crippen LogP) is 4.00. The van der Waals surface area contributed by atoms with Crippen LogP contribution in [0.15, 0.2) is 22.7 Å². The summed E-state index contributed by atoms with van der Waals surface area (Å²) in [7, 11) is 0. The minimum absolute atomic E-state index is 0.574. The van der Waals surface area contributed by atoms with Crippen LogP contribution in [0.5, 0.6) is 0 Å². The quantitative estimate of drug-likeness (QED) is 0.896. The normalized spacial score (nSPS) is 18.6. The topological polar surface area (TPSA) is 37.3 Å². The first kappa shape index (κ1) is 11.9. The van der Waals surface area contributed by atoms with Gasteiger partial charge in [0.15, 0.2) is 0 Å². The molecule has 2 nitrogen and oxygen atoms in total. The van der Waals surface area contributed by atoms with Crippen molar-refractivity contribution in [2.45, 2.75) is 31.1 Å². The summed E-state index contributed by atoms with van der Waals surface area (Å²) in [6, 6.07) is 5.43. The Kier molecular flexibility index (Phi) is 3.27. The molecular weight excluding hydrogens is 291 g/mol. The van der Waals surface area contributed by atoms with Crippen LogP contribution in [0.3, 0.4) is 0 Å². The van der Waals surface area contributed by atoms with Gasteiger partial charge in [-0.1, -0.05) is 36.6 Å². The van der Waals surface area contributed by atoms with E-state index in [0.29, 0.717) is 17.9 Å². The lowest BCUT2D eigenvalue weighted by molar-refractivity contribution is -0.143. The number of halogens is 2. The monoisotopic (exact) mass is 302 g/mol. The second kappa shape index (κ2) is 4.38. The summed E-state index contributed by atoms with van der Waals surface area (Å²) in [6.45, 7) is 0. The largest absolute Gasteiger partial charge is 0.481 e. The van der Waals surface area contributed by atoms with Crippen molar-refractivity contribution in [2.75, 3.05) is 0 Å². The van der Waals surface area contributed by atoms with E-state index < -0.39 is 11.4 Å². The first-order chi connectivity index (χ1) is 7.58. The van der Waals surface area contributed by atoms with Crippen molar-refractivity contribution in [2.24, 2.45) is 0 Å². The fourth-order valence-corrected chi connectivity index (χ4v) is 3.27. The van der Waals surface area contributed by atoms with Gasteiger partial charge in [-0.05, 0) is 40.4 Å². The van der Waals surface area contributed by atoms with Gasteiger partial charge < -0.3 is 5.11 Å². The Morgan fingerprint density at radius 2 is 2.00 bits per heavy atom. The molecule has 16 heavy (non-hydrogen) atoms. The summed E-state index contributed by atoms with van der Waals surface area (Å²) in [4.78, 5) is 11.5. The lowest BCUT2D eigenvalue weighted by atomic mass is 9.79. The fraction of sp³-hybridized carbons (Fsp3) is 0.417. The maximum absolute atomic E-state index is 11.5. The van der Waals surface area contributed by atoms with Crippen molar-refractivity contribution in [3.05, 3.63) is 33.3 Å². The van der Waals surface area contributed by atoms with Crippen LogP contribution in [0.25, 0.3) is 0 Å².